The van der Waals surface area contributed by atoms with E-state index >= 15 is 0 Å². The summed E-state index contributed by atoms with van der Waals surface area (Å²) in [6, 6.07) is 0. The van der Waals surface area contributed by atoms with Crippen molar-refractivity contribution in [1.29, 1.82) is 0 Å². The lowest BCUT2D eigenvalue weighted by Crippen LogP contribution is -1.92. The van der Waals surface area contributed by atoms with Gasteiger partial charge < -0.3 is 10.6 Å². The second-order valence-corrected chi connectivity index (χ2v) is 1.95. The van der Waals surface area contributed by atoms with Gasteiger partial charge >= 0.3 is 0 Å². The second kappa shape index (κ2) is 8.30. The fourth-order valence-corrected chi connectivity index (χ4v) is 0.530. The summed E-state index contributed by atoms with van der Waals surface area (Å²) in [5.41, 5.74) is 4.98. The first-order chi connectivity index (χ1) is 4.91. The summed E-state index contributed by atoms with van der Waals surface area (Å²) < 4.78 is 0. The van der Waals surface area contributed by atoms with Crippen LogP contribution in [0.4, 0.5) is 0 Å². The Morgan fingerprint density at radius 3 is 2.80 bits per heavy atom. The van der Waals surface area contributed by atoms with Gasteiger partial charge in [-0.25, -0.2) is 0 Å². The molecule has 0 unspecified atom stereocenters. The van der Waals surface area contributed by atoms with Crippen molar-refractivity contribution in [1.82, 2.24) is 0 Å². The molecule has 0 aromatic rings. The molecule has 0 heterocycles. The molecule has 60 valence electrons. The van der Waals surface area contributed by atoms with Crippen LogP contribution in [-0.4, -0.2) is 6.61 Å². The Bertz CT molecular complexity index is 83.7. The predicted octanol–water partition coefficient (Wildman–Crippen LogP) is 1.55. The molecule has 0 radical (unpaired) electrons. The second-order valence-electron chi connectivity index (χ2n) is 1.95. The van der Waals surface area contributed by atoms with Gasteiger partial charge in [0.15, 0.2) is 0 Å². The van der Waals surface area contributed by atoms with E-state index in [0.717, 1.165) is 6.42 Å². The number of hydrogen-bond acceptors (Lipinski definition) is 3. The summed E-state index contributed by atoms with van der Waals surface area (Å²) in [7, 11) is 0. The molecule has 0 aliphatic carbocycles. The fraction of sp³-hybridized carbons (Fsp3) is 0.714. The molecule has 0 rings (SSSR count). The maximum absolute atomic E-state index is 4.98. The first-order valence-corrected chi connectivity index (χ1v) is 3.56. The van der Waals surface area contributed by atoms with Crippen LogP contribution in [0.25, 0.3) is 0 Å². The minimum absolute atomic E-state index is 0.637. The summed E-state index contributed by atoms with van der Waals surface area (Å²) in [4.78, 5) is 9.23. The Hall–Kier alpha value is -0.700. The third-order valence-electron chi connectivity index (χ3n) is 1.03. The Balaban J connectivity index is 2.77. The van der Waals surface area contributed by atoms with E-state index in [2.05, 4.69) is 11.8 Å². The molecule has 2 N–H and O–H groups in total. The van der Waals surface area contributed by atoms with Crippen LogP contribution < -0.4 is 5.73 Å². The topological polar surface area (TPSA) is 44.5 Å². The molecule has 0 spiro atoms. The normalized spacial score (nSPS) is 10.5. The van der Waals surface area contributed by atoms with Gasteiger partial charge in [0, 0.05) is 6.20 Å². The molecule has 3 heteroatoms. The van der Waals surface area contributed by atoms with Gasteiger partial charge in [-0.3, -0.25) is 0 Å². The first-order valence-electron chi connectivity index (χ1n) is 3.56. The molecule has 10 heavy (non-hydrogen) atoms. The van der Waals surface area contributed by atoms with Crippen LogP contribution in [-0.2, 0) is 9.78 Å². The third kappa shape index (κ3) is 7.30. The monoisotopic (exact) mass is 145 g/mol. The molecular weight excluding hydrogens is 130 g/mol. The minimum Gasteiger partial charge on any atom is -0.402 e. The Kier molecular flexibility index (Phi) is 7.72. The molecular formula is C7H15NO2. The van der Waals surface area contributed by atoms with Crippen LogP contribution >= 0.6 is 0 Å². The summed E-state index contributed by atoms with van der Waals surface area (Å²) in [5, 5.41) is 0. The highest BCUT2D eigenvalue weighted by molar-refractivity contribution is 4.60. The van der Waals surface area contributed by atoms with Crippen LogP contribution in [0.2, 0.25) is 0 Å². The van der Waals surface area contributed by atoms with Crippen molar-refractivity contribution in [2.75, 3.05) is 6.61 Å². The van der Waals surface area contributed by atoms with Gasteiger partial charge in [0.2, 0.25) is 0 Å². The quantitative estimate of drug-likeness (QED) is 0.267. The smallest absolute Gasteiger partial charge is 0.144 e. The SMILES string of the molecule is CCCCCOOC=CN. The highest BCUT2D eigenvalue weighted by atomic mass is 17.2. The molecule has 0 saturated heterocycles. The van der Waals surface area contributed by atoms with Crippen molar-refractivity contribution in [2.45, 2.75) is 26.2 Å². The van der Waals surface area contributed by atoms with Crippen LogP contribution in [0.1, 0.15) is 26.2 Å². The van der Waals surface area contributed by atoms with E-state index in [9.17, 15) is 0 Å². The molecule has 0 atom stereocenters. The minimum atomic E-state index is 0.637. The molecule has 0 aromatic heterocycles. The molecule has 0 aliphatic rings. The zero-order valence-corrected chi connectivity index (χ0v) is 6.38. The molecule has 0 aliphatic heterocycles. The molecule has 0 saturated carbocycles. The van der Waals surface area contributed by atoms with Gasteiger partial charge in [0.05, 0.1) is 6.61 Å². The summed E-state index contributed by atoms with van der Waals surface area (Å²) in [6.07, 6.45) is 6.01. The number of hydrogen-bond donors (Lipinski definition) is 1. The molecule has 0 amide bonds. The first kappa shape index (κ1) is 9.30. The highest BCUT2D eigenvalue weighted by Gasteiger charge is 1.85. The summed E-state index contributed by atoms with van der Waals surface area (Å²) >= 11 is 0. The number of nitrogens with two attached hydrogens (primary N) is 1. The van der Waals surface area contributed by atoms with E-state index in [1.54, 1.807) is 0 Å². The predicted molar refractivity (Wildman–Crippen MR) is 39.9 cm³/mol. The Labute approximate surface area is 61.7 Å². The molecule has 0 aromatic carbocycles. The average Bonchev–Trinajstić information content (AvgIpc) is 1.97. The van der Waals surface area contributed by atoms with E-state index in [1.165, 1.54) is 25.3 Å². The molecule has 0 bridgehead atoms. The summed E-state index contributed by atoms with van der Waals surface area (Å²) in [6.45, 7) is 2.78. The lowest BCUT2D eigenvalue weighted by molar-refractivity contribution is -0.249. The van der Waals surface area contributed by atoms with Crippen molar-refractivity contribution < 1.29 is 9.78 Å². The average molecular weight is 145 g/mol. The van der Waals surface area contributed by atoms with Gasteiger partial charge in [-0.15, -0.1) is 0 Å². The van der Waals surface area contributed by atoms with E-state index in [4.69, 9.17) is 10.6 Å². The van der Waals surface area contributed by atoms with Gasteiger partial charge in [-0.2, -0.15) is 4.89 Å². The van der Waals surface area contributed by atoms with Crippen molar-refractivity contribution in [2.24, 2.45) is 5.73 Å². The lowest BCUT2D eigenvalue weighted by Gasteiger charge is -1.98. The fourth-order valence-electron chi connectivity index (χ4n) is 0.530. The molecule has 0 fully saturated rings. The van der Waals surface area contributed by atoms with E-state index in [1.807, 2.05) is 0 Å². The van der Waals surface area contributed by atoms with Crippen LogP contribution in [0, 0.1) is 0 Å². The van der Waals surface area contributed by atoms with Crippen molar-refractivity contribution in [3.8, 4) is 0 Å². The standard InChI is InChI=1S/C7H15NO2/c1-2-3-4-6-9-10-7-5-8/h5,7H,2-4,6,8H2,1H3. The van der Waals surface area contributed by atoms with Crippen molar-refractivity contribution >= 4 is 0 Å². The highest BCUT2D eigenvalue weighted by Crippen LogP contribution is 1.94. The van der Waals surface area contributed by atoms with Crippen molar-refractivity contribution in [3.63, 3.8) is 0 Å². The van der Waals surface area contributed by atoms with Gasteiger partial charge in [-0.1, -0.05) is 19.8 Å². The Morgan fingerprint density at radius 2 is 2.20 bits per heavy atom. The van der Waals surface area contributed by atoms with Gasteiger partial charge in [-0.05, 0) is 6.42 Å². The third-order valence-corrected chi connectivity index (χ3v) is 1.03. The zero-order chi connectivity index (χ0) is 7.66. The van der Waals surface area contributed by atoms with Gasteiger partial charge in [0.1, 0.15) is 6.26 Å². The largest absolute Gasteiger partial charge is 0.402 e. The van der Waals surface area contributed by atoms with Crippen molar-refractivity contribution in [3.05, 3.63) is 12.5 Å². The van der Waals surface area contributed by atoms with Crippen LogP contribution in [0.5, 0.6) is 0 Å². The van der Waals surface area contributed by atoms with E-state index in [-0.39, 0.29) is 0 Å². The maximum Gasteiger partial charge on any atom is 0.144 e. The number of unbranched alkanes of at least 4 members (excludes halogenated alkanes) is 2. The van der Waals surface area contributed by atoms with Crippen LogP contribution in [0.15, 0.2) is 12.5 Å². The van der Waals surface area contributed by atoms with E-state index < -0.39 is 0 Å². The Morgan fingerprint density at radius 1 is 1.40 bits per heavy atom. The zero-order valence-electron chi connectivity index (χ0n) is 6.38. The molecule has 3 nitrogen and oxygen atoms in total. The summed E-state index contributed by atoms with van der Waals surface area (Å²) in [5.74, 6) is 0. The number of rotatable bonds is 6. The van der Waals surface area contributed by atoms with E-state index in [0.29, 0.717) is 6.61 Å². The van der Waals surface area contributed by atoms with Gasteiger partial charge in [0.25, 0.3) is 0 Å². The lowest BCUT2D eigenvalue weighted by atomic mass is 10.3. The van der Waals surface area contributed by atoms with Crippen LogP contribution in [0.3, 0.4) is 0 Å². The maximum atomic E-state index is 4.98.